The van der Waals surface area contributed by atoms with Crippen LogP contribution in [0.25, 0.3) is 28.5 Å². The summed E-state index contributed by atoms with van der Waals surface area (Å²) in [5.74, 6) is 0.0166. The van der Waals surface area contributed by atoms with Gasteiger partial charge in [0.15, 0.2) is 17.3 Å². The summed E-state index contributed by atoms with van der Waals surface area (Å²) in [7, 11) is -2.54. The minimum Gasteiger partial charge on any atom is -0.494 e. The van der Waals surface area contributed by atoms with Crippen molar-refractivity contribution in [3.8, 4) is 34.3 Å². The van der Waals surface area contributed by atoms with Crippen molar-refractivity contribution in [2.45, 2.75) is 15.9 Å². The number of benzene rings is 3. The molecule has 0 atom stereocenters. The number of nitrogens with two attached hydrogens (primary N) is 1. The van der Waals surface area contributed by atoms with Gasteiger partial charge >= 0.3 is 0 Å². The van der Waals surface area contributed by atoms with Gasteiger partial charge in [0.25, 0.3) is 16.8 Å². The summed E-state index contributed by atoms with van der Waals surface area (Å²) in [5, 5.41) is 29.0. The van der Waals surface area contributed by atoms with Gasteiger partial charge in [-0.25, -0.2) is 22.6 Å². The van der Waals surface area contributed by atoms with Crippen molar-refractivity contribution >= 4 is 27.5 Å². The van der Waals surface area contributed by atoms with Crippen LogP contribution < -0.4 is 9.88 Å². The molecule has 2 heterocycles. The predicted octanol–water partition coefficient (Wildman–Crippen LogP) is 4.58. The zero-order valence-electron chi connectivity index (χ0n) is 20.6. The Morgan fingerprint density at radius 1 is 1.07 bits per heavy atom. The van der Waals surface area contributed by atoms with Crippen molar-refractivity contribution in [3.63, 3.8) is 0 Å². The summed E-state index contributed by atoms with van der Waals surface area (Å²) in [6.45, 7) is 0. The number of rotatable bonds is 9. The van der Waals surface area contributed by atoms with Gasteiger partial charge in [-0.05, 0) is 54.1 Å². The molecular weight excluding hydrogens is 563 g/mol. The van der Waals surface area contributed by atoms with E-state index in [2.05, 4.69) is 15.3 Å². The Bertz CT molecular complexity index is 1800. The fourth-order valence-electron chi connectivity index (χ4n) is 3.72. The first-order valence-electron chi connectivity index (χ1n) is 11.4. The number of non-ortho nitro benzene ring substituents is 1. The van der Waals surface area contributed by atoms with Gasteiger partial charge in [0.1, 0.15) is 0 Å². The lowest BCUT2D eigenvalue weighted by Gasteiger charge is -2.09. The number of hydrogen-bond acceptors (Lipinski definition) is 10. The van der Waals surface area contributed by atoms with Crippen molar-refractivity contribution in [2.24, 2.45) is 5.14 Å². The Morgan fingerprint density at radius 3 is 2.42 bits per heavy atom. The highest BCUT2D eigenvalue weighted by atomic mass is 32.2. The minimum absolute atomic E-state index is 0.00347. The van der Waals surface area contributed by atoms with Crippen LogP contribution in [0.15, 0.2) is 87.3 Å². The third kappa shape index (κ3) is 5.70. The average Bonchev–Trinajstić information content (AvgIpc) is 3.59. The molecule has 2 N–H and O–H groups in total. The van der Waals surface area contributed by atoms with Crippen LogP contribution in [0.1, 0.15) is 5.56 Å². The highest BCUT2D eigenvalue weighted by molar-refractivity contribution is 7.98. The normalized spacial score (nSPS) is 11.5. The molecule has 0 spiro atoms. The maximum atomic E-state index is 14.6. The first kappa shape index (κ1) is 27.0. The molecule has 2 aromatic heterocycles. The smallest absolute Gasteiger partial charge is 0.277 e. The molecule has 40 heavy (non-hydrogen) atoms. The average molecular weight is 583 g/mol. The number of nitro benzene ring substituents is 1. The van der Waals surface area contributed by atoms with Crippen molar-refractivity contribution in [2.75, 3.05) is 7.11 Å². The third-order valence-corrected chi connectivity index (χ3v) is 7.52. The second kappa shape index (κ2) is 10.9. The van der Waals surface area contributed by atoms with Crippen LogP contribution in [0.4, 0.5) is 10.1 Å². The molecule has 0 saturated heterocycles. The van der Waals surface area contributed by atoms with Crippen LogP contribution in [0.3, 0.4) is 0 Å². The van der Waals surface area contributed by atoms with Crippen LogP contribution in [-0.2, 0) is 15.8 Å². The molecule has 3 aromatic carbocycles. The molecule has 0 bridgehead atoms. The molecule has 0 aliphatic heterocycles. The highest BCUT2D eigenvalue weighted by Crippen LogP contribution is 2.32. The summed E-state index contributed by atoms with van der Waals surface area (Å²) in [4.78, 5) is 10.3. The topological polar surface area (TPSA) is 169 Å². The number of primary sulfonamides is 1. The number of thioether (sulfide) groups is 1. The first-order chi connectivity index (χ1) is 19.1. The van der Waals surface area contributed by atoms with E-state index in [0.29, 0.717) is 22.7 Å². The van der Waals surface area contributed by atoms with Crippen LogP contribution in [0.5, 0.6) is 5.75 Å². The summed E-state index contributed by atoms with van der Waals surface area (Å²) >= 11 is 1.24. The van der Waals surface area contributed by atoms with E-state index in [-0.39, 0.29) is 33.1 Å². The number of sulfonamides is 1. The lowest BCUT2D eigenvalue weighted by molar-refractivity contribution is -0.384. The van der Waals surface area contributed by atoms with Gasteiger partial charge in [0.2, 0.25) is 10.0 Å². The molecule has 5 rings (SSSR count). The monoisotopic (exact) mass is 582 g/mol. The van der Waals surface area contributed by atoms with Crippen molar-refractivity contribution in [1.82, 2.24) is 20.0 Å². The second-order valence-electron chi connectivity index (χ2n) is 8.30. The predicted molar refractivity (Wildman–Crippen MR) is 143 cm³/mol. The van der Waals surface area contributed by atoms with E-state index < -0.39 is 20.8 Å². The molecule has 0 amide bonds. The number of ether oxygens (including phenoxy) is 1. The molecule has 12 nitrogen and oxygen atoms in total. The molecule has 0 unspecified atom stereocenters. The van der Waals surface area contributed by atoms with E-state index in [1.54, 1.807) is 24.3 Å². The summed E-state index contributed by atoms with van der Waals surface area (Å²) in [6.07, 6.45) is 0. The van der Waals surface area contributed by atoms with E-state index in [1.807, 2.05) is 0 Å². The lowest BCUT2D eigenvalue weighted by Crippen LogP contribution is -2.12. The van der Waals surface area contributed by atoms with Gasteiger partial charge in [0.05, 0.1) is 28.3 Å². The minimum atomic E-state index is -3.90. The zero-order valence-corrected chi connectivity index (χ0v) is 22.2. The van der Waals surface area contributed by atoms with E-state index in [0.717, 1.165) is 5.56 Å². The van der Waals surface area contributed by atoms with E-state index in [9.17, 15) is 22.9 Å². The Morgan fingerprint density at radius 2 is 1.80 bits per heavy atom. The Balaban J connectivity index is 1.47. The molecule has 0 radical (unpaired) electrons. The molecule has 5 aromatic rings. The summed E-state index contributed by atoms with van der Waals surface area (Å²) < 4.78 is 50.2. The van der Waals surface area contributed by atoms with Gasteiger partial charge in [-0.15, -0.1) is 10.2 Å². The number of halogens is 1. The quantitative estimate of drug-likeness (QED) is 0.147. The number of nitro groups is 1. The SMILES string of the molecule is COc1ccc(-c2cc(-c3nnc(SCc4ccc([N+](=O)[O-])cc4)o3)nn2-c2ccc(S(N)(=O)=O)cc2)cc1F. The third-order valence-electron chi connectivity index (χ3n) is 5.70. The fraction of sp³-hybridized carbons (Fsp3) is 0.0800. The van der Waals surface area contributed by atoms with Crippen molar-refractivity contribution in [3.05, 3.63) is 94.3 Å². The molecule has 0 saturated carbocycles. The van der Waals surface area contributed by atoms with Crippen molar-refractivity contribution in [1.29, 1.82) is 0 Å². The van der Waals surface area contributed by atoms with Crippen LogP contribution >= 0.6 is 11.8 Å². The molecule has 0 aliphatic carbocycles. The standard InChI is InChI=1S/C25H19FN6O6S2/c1-37-23-11-4-16(12-20(23)26)22-13-21(30-31(22)17-7-9-19(10-8-17)40(27,35)36)24-28-29-25(38-24)39-14-15-2-5-18(6-3-15)32(33)34/h2-13H,14H2,1H3,(H2,27,35,36). The Kier molecular flexibility index (Phi) is 7.34. The summed E-state index contributed by atoms with van der Waals surface area (Å²) in [5.41, 5.74) is 2.49. The van der Waals surface area contributed by atoms with Gasteiger partial charge in [0, 0.05) is 23.4 Å². The summed E-state index contributed by atoms with van der Waals surface area (Å²) in [6, 6.07) is 17.9. The van der Waals surface area contributed by atoms with Gasteiger partial charge in [-0.2, -0.15) is 5.10 Å². The van der Waals surface area contributed by atoms with Crippen LogP contribution in [0, 0.1) is 15.9 Å². The molecular formula is C25H19FN6O6S2. The first-order valence-corrected chi connectivity index (χ1v) is 13.9. The maximum Gasteiger partial charge on any atom is 0.277 e. The Hall–Kier alpha value is -4.60. The molecule has 0 aliphatic rings. The molecule has 15 heteroatoms. The van der Waals surface area contributed by atoms with Gasteiger partial charge in [-0.3, -0.25) is 10.1 Å². The second-order valence-corrected chi connectivity index (χ2v) is 10.8. The largest absolute Gasteiger partial charge is 0.494 e. The Labute approximate surface area is 230 Å². The van der Waals surface area contributed by atoms with E-state index in [4.69, 9.17) is 14.3 Å². The number of hydrogen-bond donors (Lipinski definition) is 1. The van der Waals surface area contributed by atoms with Crippen molar-refractivity contribution < 1.29 is 26.9 Å². The van der Waals surface area contributed by atoms with E-state index >= 15 is 0 Å². The maximum absolute atomic E-state index is 14.6. The van der Waals surface area contributed by atoms with Crippen LogP contribution in [0.2, 0.25) is 0 Å². The number of methoxy groups -OCH3 is 1. The molecule has 204 valence electrons. The zero-order chi connectivity index (χ0) is 28.4. The lowest BCUT2D eigenvalue weighted by atomic mass is 10.1. The van der Waals surface area contributed by atoms with Gasteiger partial charge < -0.3 is 9.15 Å². The van der Waals surface area contributed by atoms with E-state index in [1.165, 1.54) is 72.1 Å². The highest BCUT2D eigenvalue weighted by Gasteiger charge is 2.20. The van der Waals surface area contributed by atoms with Gasteiger partial charge in [-0.1, -0.05) is 23.9 Å². The number of nitrogens with zero attached hydrogens (tertiary/aromatic N) is 5. The van der Waals surface area contributed by atoms with Crippen LogP contribution in [-0.4, -0.2) is 40.4 Å². The fourth-order valence-corrected chi connectivity index (χ4v) is 4.96. The molecule has 0 fully saturated rings. The number of aromatic nitrogens is 4.